The van der Waals surface area contributed by atoms with Crippen molar-refractivity contribution in [3.8, 4) is 0 Å². The van der Waals surface area contributed by atoms with Gasteiger partial charge in [0.25, 0.3) is 0 Å². The van der Waals surface area contributed by atoms with E-state index in [-0.39, 0.29) is 0 Å². The minimum Gasteiger partial charge on any atom is -0.370 e. The number of hydrogen-bond donors (Lipinski definition) is 1. The van der Waals surface area contributed by atoms with Crippen molar-refractivity contribution >= 4 is 11.6 Å². The molecule has 0 aliphatic heterocycles. The molecule has 5 heteroatoms. The van der Waals surface area contributed by atoms with Crippen LogP contribution >= 0.6 is 0 Å². The molecular formula is C16H23N5. The molecule has 2 aromatic rings. The van der Waals surface area contributed by atoms with Gasteiger partial charge in [-0.05, 0) is 25.5 Å². The minimum atomic E-state index is 0.731. The van der Waals surface area contributed by atoms with E-state index in [1.807, 2.05) is 37.5 Å². The summed E-state index contributed by atoms with van der Waals surface area (Å²) >= 11 is 0. The summed E-state index contributed by atoms with van der Waals surface area (Å²) in [6, 6.07) is 7.95. The topological polar surface area (TPSA) is 53.9 Å². The molecule has 0 saturated carbocycles. The summed E-state index contributed by atoms with van der Waals surface area (Å²) in [6.45, 7) is 5.79. The Kier molecular flexibility index (Phi) is 5.49. The van der Waals surface area contributed by atoms with E-state index in [9.17, 15) is 0 Å². The van der Waals surface area contributed by atoms with Crippen molar-refractivity contribution in [1.82, 2.24) is 15.0 Å². The Morgan fingerprint density at radius 3 is 2.71 bits per heavy atom. The lowest BCUT2D eigenvalue weighted by Crippen LogP contribution is -2.20. The van der Waals surface area contributed by atoms with E-state index in [0.717, 1.165) is 49.1 Å². The lowest BCUT2D eigenvalue weighted by Gasteiger charge is -2.19. The minimum absolute atomic E-state index is 0.731. The van der Waals surface area contributed by atoms with Crippen molar-refractivity contribution in [1.29, 1.82) is 0 Å². The first-order chi connectivity index (χ1) is 10.2. The molecule has 0 atom stereocenters. The van der Waals surface area contributed by atoms with Crippen molar-refractivity contribution in [2.45, 2.75) is 33.2 Å². The third-order valence-corrected chi connectivity index (χ3v) is 3.11. The summed E-state index contributed by atoms with van der Waals surface area (Å²) in [6.07, 6.45) is 3.75. The summed E-state index contributed by atoms with van der Waals surface area (Å²) in [5, 5.41) is 3.27. The van der Waals surface area contributed by atoms with Gasteiger partial charge in [-0.25, -0.2) is 9.97 Å². The Bertz CT molecular complexity index is 532. The number of nitrogens with one attached hydrogen (secondary N) is 1. The normalized spacial score (nSPS) is 10.4. The zero-order chi connectivity index (χ0) is 15.1. The molecular weight excluding hydrogens is 262 g/mol. The molecule has 0 unspecified atom stereocenters. The molecule has 5 nitrogen and oxygen atoms in total. The Balaban J connectivity index is 2.20. The van der Waals surface area contributed by atoms with Gasteiger partial charge in [0.05, 0.1) is 12.2 Å². The number of hydrogen-bond acceptors (Lipinski definition) is 5. The van der Waals surface area contributed by atoms with Crippen LogP contribution in [0.2, 0.25) is 0 Å². The maximum absolute atomic E-state index is 4.65. The van der Waals surface area contributed by atoms with Crippen molar-refractivity contribution < 1.29 is 0 Å². The zero-order valence-corrected chi connectivity index (χ0v) is 13.0. The molecule has 0 radical (unpaired) electrons. The molecule has 0 bridgehead atoms. The molecule has 2 aromatic heterocycles. The third-order valence-electron chi connectivity index (χ3n) is 3.11. The lowest BCUT2D eigenvalue weighted by atomic mass is 10.3. The summed E-state index contributed by atoms with van der Waals surface area (Å²) in [5.74, 6) is 2.70. The van der Waals surface area contributed by atoms with Gasteiger partial charge in [0, 0.05) is 32.3 Å². The molecule has 1 N–H and O–H groups in total. The summed E-state index contributed by atoms with van der Waals surface area (Å²) < 4.78 is 0. The fraction of sp³-hybridized carbons (Fsp3) is 0.438. The van der Waals surface area contributed by atoms with Gasteiger partial charge < -0.3 is 10.2 Å². The fourth-order valence-corrected chi connectivity index (χ4v) is 2.10. The Morgan fingerprint density at radius 2 is 2.05 bits per heavy atom. The van der Waals surface area contributed by atoms with E-state index >= 15 is 0 Å². The largest absolute Gasteiger partial charge is 0.370 e. The highest BCUT2D eigenvalue weighted by atomic mass is 15.2. The van der Waals surface area contributed by atoms with Crippen LogP contribution in [0.4, 0.5) is 11.6 Å². The molecule has 0 amide bonds. The fourth-order valence-electron chi connectivity index (χ4n) is 2.10. The molecule has 0 aliphatic carbocycles. The van der Waals surface area contributed by atoms with Gasteiger partial charge in [-0.1, -0.05) is 13.0 Å². The van der Waals surface area contributed by atoms with E-state index in [1.54, 1.807) is 0 Å². The second-order valence-electron chi connectivity index (χ2n) is 4.99. The van der Waals surface area contributed by atoms with Gasteiger partial charge in [0.1, 0.15) is 17.5 Å². The van der Waals surface area contributed by atoms with Crippen LogP contribution in [0, 0.1) is 0 Å². The van der Waals surface area contributed by atoms with E-state index in [4.69, 9.17) is 0 Å². The second kappa shape index (κ2) is 7.57. The first-order valence-electron chi connectivity index (χ1n) is 7.45. The maximum atomic E-state index is 4.65. The first-order valence-corrected chi connectivity index (χ1v) is 7.45. The standard InChI is InChI=1S/C16H23N5/c1-4-8-14-19-15(17-5-2)11-16(20-14)21(3)12-13-9-6-7-10-18-13/h6-7,9-11H,4-5,8,12H2,1-3H3,(H,17,19,20). The van der Waals surface area contributed by atoms with Crippen LogP contribution in [-0.4, -0.2) is 28.5 Å². The second-order valence-corrected chi connectivity index (χ2v) is 4.99. The zero-order valence-electron chi connectivity index (χ0n) is 13.0. The Morgan fingerprint density at radius 1 is 1.19 bits per heavy atom. The van der Waals surface area contributed by atoms with Crippen molar-refractivity contribution in [2.75, 3.05) is 23.8 Å². The van der Waals surface area contributed by atoms with Gasteiger partial charge in [0.15, 0.2) is 0 Å². The highest BCUT2D eigenvalue weighted by Gasteiger charge is 2.09. The van der Waals surface area contributed by atoms with Crippen LogP contribution in [-0.2, 0) is 13.0 Å². The smallest absolute Gasteiger partial charge is 0.134 e. The molecule has 2 rings (SSSR count). The summed E-state index contributed by atoms with van der Waals surface area (Å²) in [7, 11) is 2.03. The van der Waals surface area contributed by atoms with E-state index in [1.165, 1.54) is 0 Å². The summed E-state index contributed by atoms with van der Waals surface area (Å²) in [4.78, 5) is 15.6. The predicted molar refractivity (Wildman–Crippen MR) is 86.5 cm³/mol. The first kappa shape index (κ1) is 15.2. The van der Waals surface area contributed by atoms with Gasteiger partial charge in [-0.15, -0.1) is 0 Å². The number of pyridine rings is 1. The quantitative estimate of drug-likeness (QED) is 0.847. The molecule has 0 saturated heterocycles. The number of aryl methyl sites for hydroxylation is 1. The van der Waals surface area contributed by atoms with Crippen LogP contribution in [0.3, 0.4) is 0 Å². The van der Waals surface area contributed by atoms with E-state index < -0.39 is 0 Å². The van der Waals surface area contributed by atoms with Gasteiger partial charge in [0.2, 0.25) is 0 Å². The molecule has 0 aliphatic rings. The molecule has 0 fully saturated rings. The molecule has 21 heavy (non-hydrogen) atoms. The monoisotopic (exact) mass is 285 g/mol. The summed E-state index contributed by atoms with van der Waals surface area (Å²) in [5.41, 5.74) is 1.03. The molecule has 112 valence electrons. The van der Waals surface area contributed by atoms with Crippen LogP contribution in [0.25, 0.3) is 0 Å². The maximum Gasteiger partial charge on any atom is 0.134 e. The highest BCUT2D eigenvalue weighted by Crippen LogP contribution is 2.17. The van der Waals surface area contributed by atoms with Gasteiger partial charge in [-0.2, -0.15) is 0 Å². The van der Waals surface area contributed by atoms with Crippen LogP contribution < -0.4 is 10.2 Å². The van der Waals surface area contributed by atoms with E-state index in [2.05, 4.69) is 39.0 Å². The lowest BCUT2D eigenvalue weighted by molar-refractivity contribution is 0.805. The van der Waals surface area contributed by atoms with Crippen LogP contribution in [0.1, 0.15) is 31.8 Å². The van der Waals surface area contributed by atoms with Crippen molar-refractivity contribution in [3.63, 3.8) is 0 Å². The van der Waals surface area contributed by atoms with E-state index in [0.29, 0.717) is 0 Å². The SMILES string of the molecule is CCCc1nc(NCC)cc(N(C)Cc2ccccn2)n1. The van der Waals surface area contributed by atoms with Crippen molar-refractivity contribution in [3.05, 3.63) is 42.0 Å². The Hall–Kier alpha value is -2.17. The molecule has 2 heterocycles. The molecule has 0 spiro atoms. The number of aromatic nitrogens is 3. The average Bonchev–Trinajstić information content (AvgIpc) is 2.49. The number of nitrogens with zero attached hydrogens (tertiary/aromatic N) is 4. The number of rotatable bonds is 7. The third kappa shape index (κ3) is 4.41. The van der Waals surface area contributed by atoms with Gasteiger partial charge in [-0.3, -0.25) is 4.98 Å². The van der Waals surface area contributed by atoms with Crippen molar-refractivity contribution in [2.24, 2.45) is 0 Å². The number of anilines is 2. The van der Waals surface area contributed by atoms with Crippen LogP contribution in [0.5, 0.6) is 0 Å². The average molecular weight is 285 g/mol. The predicted octanol–water partition coefficient (Wildman–Crippen LogP) is 2.89. The molecule has 0 aromatic carbocycles. The van der Waals surface area contributed by atoms with Gasteiger partial charge >= 0.3 is 0 Å². The van der Waals surface area contributed by atoms with Crippen LogP contribution in [0.15, 0.2) is 30.5 Å². The highest BCUT2D eigenvalue weighted by molar-refractivity contribution is 5.49. The Labute approximate surface area is 126 Å².